The number of benzene rings is 3. The second-order valence-corrected chi connectivity index (χ2v) is 7.18. The maximum atomic E-state index is 11.9. The van der Waals surface area contributed by atoms with Crippen molar-refractivity contribution < 1.29 is 23.8 Å². The average molecular weight is 462 g/mol. The number of carbonyl (C=O) groups excluding carboxylic acids is 2. The van der Waals surface area contributed by atoms with Gasteiger partial charge < -0.3 is 19.5 Å². The van der Waals surface area contributed by atoms with E-state index in [0.29, 0.717) is 23.8 Å². The predicted octanol–water partition coefficient (Wildman–Crippen LogP) is 2.96. The molecule has 0 spiro atoms. The van der Waals surface area contributed by atoms with Gasteiger partial charge in [-0.05, 0) is 53.9 Å². The van der Waals surface area contributed by atoms with Crippen LogP contribution in [0.2, 0.25) is 0 Å². The van der Waals surface area contributed by atoms with Crippen molar-refractivity contribution in [1.29, 1.82) is 0 Å². The monoisotopic (exact) mass is 461 g/mol. The molecule has 8 nitrogen and oxygen atoms in total. The number of nitrogens with one attached hydrogen (secondary N) is 2. The minimum absolute atomic E-state index is 0.0650. The summed E-state index contributed by atoms with van der Waals surface area (Å²) in [7, 11) is 1.53. The average Bonchev–Trinajstić information content (AvgIpc) is 2.88. The molecular weight excluding hydrogens is 434 g/mol. The molecule has 0 atom stereocenters. The molecule has 0 aliphatic carbocycles. The van der Waals surface area contributed by atoms with E-state index < -0.39 is 5.91 Å². The molecule has 3 rings (SSSR count). The minimum Gasteiger partial charge on any atom is -0.493 e. The van der Waals surface area contributed by atoms with Crippen LogP contribution >= 0.6 is 0 Å². The fourth-order valence-corrected chi connectivity index (χ4v) is 2.93. The van der Waals surface area contributed by atoms with Crippen LogP contribution in [0.4, 0.5) is 0 Å². The van der Waals surface area contributed by atoms with Crippen molar-refractivity contribution in [3.63, 3.8) is 0 Å². The van der Waals surface area contributed by atoms with Crippen LogP contribution in [0.15, 0.2) is 84.0 Å². The van der Waals surface area contributed by atoms with Crippen LogP contribution in [-0.2, 0) is 16.0 Å². The molecule has 0 saturated carbocycles. The van der Waals surface area contributed by atoms with Gasteiger partial charge in [0, 0.05) is 6.54 Å². The molecule has 0 aliphatic heterocycles. The van der Waals surface area contributed by atoms with Gasteiger partial charge in [-0.25, -0.2) is 5.43 Å². The lowest BCUT2D eigenvalue weighted by Gasteiger charge is -2.09. The summed E-state index contributed by atoms with van der Waals surface area (Å²) >= 11 is 0. The van der Waals surface area contributed by atoms with Gasteiger partial charge in [0.15, 0.2) is 24.7 Å². The second kappa shape index (κ2) is 13.3. The normalized spacial score (nSPS) is 10.5. The third-order valence-corrected chi connectivity index (χ3v) is 4.66. The largest absolute Gasteiger partial charge is 0.493 e. The molecule has 3 aromatic carbocycles. The quantitative estimate of drug-likeness (QED) is 0.319. The summed E-state index contributed by atoms with van der Waals surface area (Å²) in [5, 5.41) is 6.75. The number of ether oxygens (including phenoxy) is 3. The molecule has 0 aromatic heterocycles. The van der Waals surface area contributed by atoms with Gasteiger partial charge in [-0.2, -0.15) is 5.10 Å². The van der Waals surface area contributed by atoms with E-state index in [0.717, 1.165) is 12.0 Å². The smallest absolute Gasteiger partial charge is 0.277 e. The van der Waals surface area contributed by atoms with E-state index in [1.54, 1.807) is 42.5 Å². The van der Waals surface area contributed by atoms with Gasteiger partial charge >= 0.3 is 0 Å². The fourth-order valence-electron chi connectivity index (χ4n) is 2.93. The van der Waals surface area contributed by atoms with Crippen molar-refractivity contribution >= 4 is 18.0 Å². The molecule has 0 bridgehead atoms. The Balaban J connectivity index is 1.34. The Labute approximate surface area is 198 Å². The summed E-state index contributed by atoms with van der Waals surface area (Å²) in [6.07, 6.45) is 2.27. The molecule has 2 amide bonds. The van der Waals surface area contributed by atoms with Crippen LogP contribution in [0.3, 0.4) is 0 Å². The highest BCUT2D eigenvalue weighted by atomic mass is 16.5. The summed E-state index contributed by atoms with van der Waals surface area (Å²) in [4.78, 5) is 23.9. The van der Waals surface area contributed by atoms with E-state index in [2.05, 4.69) is 15.8 Å². The lowest BCUT2D eigenvalue weighted by atomic mass is 10.1. The number of carbonyl (C=O) groups is 2. The summed E-state index contributed by atoms with van der Waals surface area (Å²) in [5.41, 5.74) is 4.33. The second-order valence-electron chi connectivity index (χ2n) is 7.18. The van der Waals surface area contributed by atoms with Crippen LogP contribution in [0, 0.1) is 0 Å². The maximum absolute atomic E-state index is 11.9. The highest BCUT2D eigenvalue weighted by Gasteiger charge is 2.06. The number of hydrazone groups is 1. The highest BCUT2D eigenvalue weighted by molar-refractivity contribution is 5.83. The molecule has 0 saturated heterocycles. The number of rotatable bonds is 12. The van der Waals surface area contributed by atoms with Gasteiger partial charge in [0.05, 0.1) is 13.3 Å². The molecule has 0 aliphatic rings. The van der Waals surface area contributed by atoms with E-state index >= 15 is 0 Å². The van der Waals surface area contributed by atoms with Crippen molar-refractivity contribution in [2.75, 3.05) is 26.9 Å². The first-order chi connectivity index (χ1) is 16.6. The molecule has 34 heavy (non-hydrogen) atoms. The molecule has 0 unspecified atom stereocenters. The maximum Gasteiger partial charge on any atom is 0.277 e. The lowest BCUT2D eigenvalue weighted by Crippen LogP contribution is -2.30. The topological polar surface area (TPSA) is 98.2 Å². The number of hydrogen-bond donors (Lipinski definition) is 2. The first kappa shape index (κ1) is 24.3. The van der Waals surface area contributed by atoms with Crippen LogP contribution < -0.4 is 25.0 Å². The Morgan fingerprint density at radius 2 is 1.50 bits per heavy atom. The number of hydrogen-bond acceptors (Lipinski definition) is 6. The van der Waals surface area contributed by atoms with Crippen molar-refractivity contribution in [2.24, 2.45) is 5.10 Å². The highest BCUT2D eigenvalue weighted by Crippen LogP contribution is 2.25. The third kappa shape index (κ3) is 8.31. The van der Waals surface area contributed by atoms with Gasteiger partial charge in [-0.3, -0.25) is 9.59 Å². The first-order valence-electron chi connectivity index (χ1n) is 10.8. The summed E-state index contributed by atoms with van der Waals surface area (Å²) < 4.78 is 16.1. The minimum atomic E-state index is -0.402. The van der Waals surface area contributed by atoms with E-state index in [9.17, 15) is 9.59 Å². The SMILES string of the molecule is COc1ccccc1OCC(=O)N/N=C\c1ccc(OCC(=O)NCCc2ccccc2)cc1. The molecule has 176 valence electrons. The van der Waals surface area contributed by atoms with Gasteiger partial charge in [-0.15, -0.1) is 0 Å². The van der Waals surface area contributed by atoms with Crippen LogP contribution in [-0.4, -0.2) is 44.9 Å². The summed E-state index contributed by atoms with van der Waals surface area (Å²) in [6.45, 7) is 0.291. The molecule has 0 heterocycles. The van der Waals surface area contributed by atoms with Crippen molar-refractivity contribution in [3.05, 3.63) is 90.0 Å². The lowest BCUT2D eigenvalue weighted by molar-refractivity contribution is -0.123. The molecule has 2 N–H and O–H groups in total. The van der Waals surface area contributed by atoms with E-state index in [1.807, 2.05) is 36.4 Å². The molecule has 8 heteroatoms. The zero-order valence-electron chi connectivity index (χ0n) is 18.9. The van der Waals surface area contributed by atoms with Crippen LogP contribution in [0.1, 0.15) is 11.1 Å². The zero-order valence-corrected chi connectivity index (χ0v) is 18.9. The van der Waals surface area contributed by atoms with Gasteiger partial charge in [0.2, 0.25) is 0 Å². The van der Waals surface area contributed by atoms with Crippen molar-refractivity contribution in [2.45, 2.75) is 6.42 Å². The van der Waals surface area contributed by atoms with Gasteiger partial charge in [0.25, 0.3) is 11.8 Å². The van der Waals surface area contributed by atoms with E-state index in [1.165, 1.54) is 18.9 Å². The van der Waals surface area contributed by atoms with Gasteiger partial charge in [0.1, 0.15) is 5.75 Å². The molecule has 0 radical (unpaired) electrons. The fraction of sp³-hybridized carbons (Fsp3) is 0.192. The summed E-state index contributed by atoms with van der Waals surface area (Å²) in [6, 6.07) is 24.0. The van der Waals surface area contributed by atoms with Crippen molar-refractivity contribution in [1.82, 2.24) is 10.7 Å². The number of methoxy groups -OCH3 is 1. The summed E-state index contributed by atoms with van der Waals surface area (Å²) in [5.74, 6) is 1.000. The van der Waals surface area contributed by atoms with E-state index in [-0.39, 0.29) is 19.1 Å². The molecule has 0 fully saturated rings. The number of amides is 2. The Morgan fingerprint density at radius 3 is 2.24 bits per heavy atom. The zero-order chi connectivity index (χ0) is 24.0. The Bertz CT molecular complexity index is 1090. The predicted molar refractivity (Wildman–Crippen MR) is 129 cm³/mol. The molecule has 3 aromatic rings. The van der Waals surface area contributed by atoms with Crippen molar-refractivity contribution in [3.8, 4) is 17.2 Å². The Hall–Kier alpha value is -4.33. The van der Waals surface area contributed by atoms with Crippen LogP contribution in [0.5, 0.6) is 17.2 Å². The number of nitrogens with zero attached hydrogens (tertiary/aromatic N) is 1. The first-order valence-corrected chi connectivity index (χ1v) is 10.8. The third-order valence-electron chi connectivity index (χ3n) is 4.66. The number of para-hydroxylation sites is 2. The Morgan fingerprint density at radius 1 is 0.824 bits per heavy atom. The van der Waals surface area contributed by atoms with Crippen LogP contribution in [0.25, 0.3) is 0 Å². The standard InChI is InChI=1S/C26H27N3O5/c1-32-23-9-5-6-10-24(23)34-19-26(31)29-28-17-21-11-13-22(14-12-21)33-18-25(30)27-16-15-20-7-3-2-4-8-20/h2-14,17H,15-16,18-19H2,1H3,(H,27,30)(H,29,31)/b28-17-. The molecular formula is C26H27N3O5. The van der Waals surface area contributed by atoms with Gasteiger partial charge in [-0.1, -0.05) is 42.5 Å². The Kier molecular flexibility index (Phi) is 9.49. The van der Waals surface area contributed by atoms with E-state index in [4.69, 9.17) is 14.2 Å².